The van der Waals surface area contributed by atoms with Gasteiger partial charge < -0.3 is 5.41 Å². The van der Waals surface area contributed by atoms with Crippen LogP contribution in [0.2, 0.25) is 0 Å². The molecule has 0 amide bonds. The lowest BCUT2D eigenvalue weighted by molar-refractivity contribution is -0.114. The summed E-state index contributed by atoms with van der Waals surface area (Å²) in [6.07, 6.45) is 3.00. The smallest absolute Gasteiger partial charge is 0.250 e. The Morgan fingerprint density at radius 3 is 2.77 bits per heavy atom. The summed E-state index contributed by atoms with van der Waals surface area (Å²) < 4.78 is 41.6. The number of sulfonamides is 1. The molecule has 30 heavy (non-hydrogen) atoms. The fraction of sp³-hybridized carbons (Fsp3) is 0.143. The SMILES string of the molecule is [CH2]c1ccc(F)c(CC(=N)C(=O)[C@H](C)NS(=O)(=O)c2ccc(-c3cccnc3)s2)c1. The van der Waals surface area contributed by atoms with Gasteiger partial charge >= 0.3 is 0 Å². The first kappa shape index (κ1) is 21.9. The van der Waals surface area contributed by atoms with Gasteiger partial charge in [0.1, 0.15) is 10.0 Å². The van der Waals surface area contributed by atoms with Crippen LogP contribution in [0.4, 0.5) is 4.39 Å². The van der Waals surface area contributed by atoms with E-state index in [0.29, 0.717) is 5.56 Å². The molecule has 2 heterocycles. The molecule has 0 fully saturated rings. The van der Waals surface area contributed by atoms with Crippen LogP contribution in [0.15, 0.2) is 59.1 Å². The molecular weight excluding hydrogens is 425 g/mol. The average molecular weight is 445 g/mol. The van der Waals surface area contributed by atoms with E-state index in [1.165, 1.54) is 31.2 Å². The molecule has 9 heteroatoms. The largest absolute Gasteiger partial charge is 0.301 e. The summed E-state index contributed by atoms with van der Waals surface area (Å²) in [6, 6.07) is 9.68. The van der Waals surface area contributed by atoms with E-state index in [-0.39, 0.29) is 16.2 Å². The second-order valence-electron chi connectivity index (χ2n) is 6.65. The van der Waals surface area contributed by atoms with Crippen LogP contribution >= 0.6 is 11.3 Å². The van der Waals surface area contributed by atoms with Crippen molar-refractivity contribution in [3.8, 4) is 10.4 Å². The van der Waals surface area contributed by atoms with Gasteiger partial charge in [0.25, 0.3) is 10.0 Å². The monoisotopic (exact) mass is 444 g/mol. The number of hydrogen-bond donors (Lipinski definition) is 2. The lowest BCUT2D eigenvalue weighted by Gasteiger charge is -2.13. The van der Waals surface area contributed by atoms with Gasteiger partial charge in [-0.15, -0.1) is 11.3 Å². The molecule has 0 saturated heterocycles. The molecule has 2 aromatic heterocycles. The molecular formula is C21H19FN3O3S2. The number of nitrogens with one attached hydrogen (secondary N) is 2. The predicted octanol–water partition coefficient (Wildman–Crippen LogP) is 3.63. The Morgan fingerprint density at radius 2 is 2.07 bits per heavy atom. The molecule has 0 spiro atoms. The number of hydrogen-bond acceptors (Lipinski definition) is 6. The Kier molecular flexibility index (Phi) is 6.55. The normalized spacial score (nSPS) is 12.5. The minimum absolute atomic E-state index is 0.0448. The minimum atomic E-state index is -3.97. The number of halogens is 1. The van der Waals surface area contributed by atoms with Crippen molar-refractivity contribution in [1.29, 1.82) is 5.41 Å². The first-order valence-corrected chi connectivity index (χ1v) is 11.2. The second-order valence-corrected chi connectivity index (χ2v) is 9.67. The third kappa shape index (κ3) is 5.05. The number of ketones is 1. The summed E-state index contributed by atoms with van der Waals surface area (Å²) in [5.41, 5.74) is 1.11. The van der Waals surface area contributed by atoms with Gasteiger partial charge in [0.05, 0.1) is 11.8 Å². The highest BCUT2D eigenvalue weighted by Gasteiger charge is 2.26. The third-order valence-corrected chi connectivity index (χ3v) is 7.46. The average Bonchev–Trinajstić information content (AvgIpc) is 3.22. The number of aromatic nitrogens is 1. The molecule has 0 aliphatic rings. The zero-order valence-corrected chi connectivity index (χ0v) is 17.7. The molecule has 0 saturated carbocycles. The highest BCUT2D eigenvalue weighted by molar-refractivity contribution is 7.91. The molecule has 2 N–H and O–H groups in total. The molecule has 1 radical (unpaired) electrons. The van der Waals surface area contributed by atoms with E-state index in [1.54, 1.807) is 24.5 Å². The van der Waals surface area contributed by atoms with Crippen LogP contribution in [0, 0.1) is 18.2 Å². The van der Waals surface area contributed by atoms with Gasteiger partial charge in [-0.3, -0.25) is 9.78 Å². The maximum absolute atomic E-state index is 13.9. The number of Topliss-reactive ketones (excluding diaryl/α,β-unsaturated/α-hetero) is 1. The van der Waals surface area contributed by atoms with Crippen LogP contribution in [0.1, 0.15) is 18.1 Å². The van der Waals surface area contributed by atoms with Crippen LogP contribution in [-0.4, -0.2) is 30.9 Å². The topological polar surface area (TPSA) is 100.0 Å². The lowest BCUT2D eigenvalue weighted by Crippen LogP contribution is -2.41. The Bertz CT molecular complexity index is 1190. The van der Waals surface area contributed by atoms with E-state index in [9.17, 15) is 17.6 Å². The number of benzene rings is 1. The van der Waals surface area contributed by atoms with Crippen molar-refractivity contribution in [2.24, 2.45) is 0 Å². The molecule has 0 aliphatic heterocycles. The van der Waals surface area contributed by atoms with Gasteiger partial charge in [0.2, 0.25) is 0 Å². The van der Waals surface area contributed by atoms with Crippen LogP contribution in [-0.2, 0) is 21.2 Å². The number of pyridine rings is 1. The first-order valence-electron chi connectivity index (χ1n) is 8.92. The molecule has 1 aromatic carbocycles. The van der Waals surface area contributed by atoms with Crippen molar-refractivity contribution < 1.29 is 17.6 Å². The van der Waals surface area contributed by atoms with Crippen molar-refractivity contribution in [3.63, 3.8) is 0 Å². The van der Waals surface area contributed by atoms with Crippen molar-refractivity contribution >= 4 is 32.9 Å². The highest BCUT2D eigenvalue weighted by atomic mass is 32.2. The number of nitrogens with zero attached hydrogens (tertiary/aromatic N) is 1. The Labute approximate surface area is 178 Å². The van der Waals surface area contributed by atoms with Crippen molar-refractivity contribution in [1.82, 2.24) is 9.71 Å². The number of thiophene rings is 1. The van der Waals surface area contributed by atoms with Crippen LogP contribution < -0.4 is 4.72 Å². The molecule has 3 aromatic rings. The van der Waals surface area contributed by atoms with E-state index in [4.69, 9.17) is 5.41 Å². The Balaban J connectivity index is 1.70. The van der Waals surface area contributed by atoms with E-state index in [0.717, 1.165) is 21.8 Å². The predicted molar refractivity (Wildman–Crippen MR) is 115 cm³/mol. The van der Waals surface area contributed by atoms with Gasteiger partial charge in [0.15, 0.2) is 5.78 Å². The summed E-state index contributed by atoms with van der Waals surface area (Å²) >= 11 is 1.05. The van der Waals surface area contributed by atoms with Crippen LogP contribution in [0.3, 0.4) is 0 Å². The Hall–Kier alpha value is -2.75. The molecule has 0 unspecified atom stereocenters. The van der Waals surface area contributed by atoms with E-state index >= 15 is 0 Å². The maximum Gasteiger partial charge on any atom is 0.250 e. The quantitative estimate of drug-likeness (QED) is 0.518. The molecule has 0 aliphatic carbocycles. The summed E-state index contributed by atoms with van der Waals surface area (Å²) in [6.45, 7) is 5.06. The fourth-order valence-corrected chi connectivity index (χ4v) is 5.29. The van der Waals surface area contributed by atoms with E-state index in [2.05, 4.69) is 16.6 Å². The maximum atomic E-state index is 13.9. The summed E-state index contributed by atoms with van der Waals surface area (Å²) in [7, 11) is -3.97. The van der Waals surface area contributed by atoms with E-state index < -0.39 is 33.4 Å². The number of rotatable bonds is 8. The van der Waals surface area contributed by atoms with E-state index in [1.807, 2.05) is 6.07 Å². The zero-order chi connectivity index (χ0) is 21.9. The third-order valence-electron chi connectivity index (χ3n) is 4.29. The van der Waals surface area contributed by atoms with Crippen molar-refractivity contribution in [2.75, 3.05) is 0 Å². The van der Waals surface area contributed by atoms with Crippen LogP contribution in [0.25, 0.3) is 10.4 Å². The minimum Gasteiger partial charge on any atom is -0.301 e. The standard InChI is InChI=1S/C21H19FN3O3S2/c1-13-5-6-17(22)16(10-13)11-18(23)21(26)14(2)25-30(27,28)20-8-7-19(29-20)15-4-3-9-24-12-15/h3-10,12,14,23,25H,1,11H2,2H3/t14-/m0/s1. The van der Waals surface area contributed by atoms with Crippen molar-refractivity contribution in [2.45, 2.75) is 23.6 Å². The van der Waals surface area contributed by atoms with Crippen LogP contribution in [0.5, 0.6) is 0 Å². The molecule has 155 valence electrons. The van der Waals surface area contributed by atoms with Gasteiger partial charge in [-0.2, -0.15) is 4.72 Å². The summed E-state index contributed by atoms with van der Waals surface area (Å²) in [5.74, 6) is -1.27. The van der Waals surface area contributed by atoms with Gasteiger partial charge in [-0.1, -0.05) is 18.2 Å². The summed E-state index contributed by atoms with van der Waals surface area (Å²) in [4.78, 5) is 17.2. The molecule has 6 nitrogen and oxygen atoms in total. The van der Waals surface area contributed by atoms with Gasteiger partial charge in [-0.25, -0.2) is 12.8 Å². The molecule has 3 rings (SSSR count). The number of carbonyl (C=O) groups is 1. The lowest BCUT2D eigenvalue weighted by atomic mass is 10.0. The van der Waals surface area contributed by atoms with Crippen molar-refractivity contribution in [3.05, 3.63) is 78.7 Å². The van der Waals surface area contributed by atoms with Gasteiger partial charge in [-0.05, 0) is 49.2 Å². The number of carbonyl (C=O) groups excluding carboxylic acids is 1. The fourth-order valence-electron chi connectivity index (χ4n) is 2.78. The molecule has 1 atom stereocenters. The first-order chi connectivity index (χ1) is 14.2. The second kappa shape index (κ2) is 8.95. The van der Waals surface area contributed by atoms with Gasteiger partial charge in [0, 0.05) is 29.3 Å². The zero-order valence-electron chi connectivity index (χ0n) is 16.1. The Morgan fingerprint density at radius 1 is 1.30 bits per heavy atom. The summed E-state index contributed by atoms with van der Waals surface area (Å²) in [5, 5.41) is 7.98. The molecule has 0 bridgehead atoms. The highest BCUT2D eigenvalue weighted by Crippen LogP contribution is 2.30.